The van der Waals surface area contributed by atoms with Gasteiger partial charge in [0.05, 0.1) is 6.26 Å². The van der Waals surface area contributed by atoms with Crippen molar-refractivity contribution < 1.29 is 9.21 Å². The number of nitrogens with one attached hydrogen (secondary N) is 1. The third kappa shape index (κ3) is 4.40. The van der Waals surface area contributed by atoms with Crippen LogP contribution in [0.4, 0.5) is 5.69 Å². The molecule has 20 heavy (non-hydrogen) atoms. The Kier molecular flexibility index (Phi) is 4.74. The van der Waals surface area contributed by atoms with E-state index < -0.39 is 0 Å². The fourth-order valence-electron chi connectivity index (χ4n) is 1.79. The standard InChI is InChI=1S/C16H18N2O2/c1-18(2)12-13-5-7-14(8-6-13)17-16(19)10-9-15-4-3-11-20-15/h3-11H,12H2,1-2H3,(H,17,19)/b10-9+. The van der Waals surface area contributed by atoms with Gasteiger partial charge in [-0.3, -0.25) is 4.79 Å². The fourth-order valence-corrected chi connectivity index (χ4v) is 1.79. The van der Waals surface area contributed by atoms with Crippen LogP contribution in [0.2, 0.25) is 0 Å². The molecule has 0 aliphatic carbocycles. The molecule has 0 saturated heterocycles. The number of amides is 1. The molecule has 1 heterocycles. The lowest BCUT2D eigenvalue weighted by molar-refractivity contribution is -0.111. The minimum Gasteiger partial charge on any atom is -0.465 e. The van der Waals surface area contributed by atoms with Crippen molar-refractivity contribution in [3.63, 3.8) is 0 Å². The molecule has 0 bridgehead atoms. The van der Waals surface area contributed by atoms with Crippen LogP contribution in [0.5, 0.6) is 0 Å². The SMILES string of the molecule is CN(C)Cc1ccc(NC(=O)/C=C/c2ccco2)cc1. The molecule has 0 radical (unpaired) electrons. The number of rotatable bonds is 5. The number of hydrogen-bond donors (Lipinski definition) is 1. The van der Waals surface area contributed by atoms with Gasteiger partial charge in [0.25, 0.3) is 0 Å². The zero-order valence-corrected chi connectivity index (χ0v) is 11.7. The smallest absolute Gasteiger partial charge is 0.248 e. The largest absolute Gasteiger partial charge is 0.465 e. The van der Waals surface area contributed by atoms with E-state index in [1.165, 1.54) is 11.6 Å². The number of nitrogens with zero attached hydrogens (tertiary/aromatic N) is 1. The van der Waals surface area contributed by atoms with Crippen molar-refractivity contribution in [2.24, 2.45) is 0 Å². The predicted octanol–water partition coefficient (Wildman–Crippen LogP) is 2.99. The van der Waals surface area contributed by atoms with Crippen molar-refractivity contribution in [1.82, 2.24) is 4.90 Å². The van der Waals surface area contributed by atoms with Crippen molar-refractivity contribution in [2.75, 3.05) is 19.4 Å². The summed E-state index contributed by atoms with van der Waals surface area (Å²) in [4.78, 5) is 13.8. The van der Waals surface area contributed by atoms with Crippen molar-refractivity contribution in [1.29, 1.82) is 0 Å². The minimum atomic E-state index is -0.179. The molecule has 0 aliphatic heterocycles. The van der Waals surface area contributed by atoms with Crippen LogP contribution in [0.25, 0.3) is 6.08 Å². The van der Waals surface area contributed by atoms with Crippen LogP contribution < -0.4 is 5.32 Å². The van der Waals surface area contributed by atoms with E-state index in [9.17, 15) is 4.79 Å². The highest BCUT2D eigenvalue weighted by Gasteiger charge is 2.00. The van der Waals surface area contributed by atoms with Crippen LogP contribution in [-0.4, -0.2) is 24.9 Å². The molecule has 0 unspecified atom stereocenters. The van der Waals surface area contributed by atoms with Gasteiger partial charge in [0.15, 0.2) is 0 Å². The van der Waals surface area contributed by atoms with Crippen LogP contribution >= 0.6 is 0 Å². The Morgan fingerprint density at radius 1 is 1.25 bits per heavy atom. The second kappa shape index (κ2) is 6.73. The van der Waals surface area contributed by atoms with Gasteiger partial charge in [0, 0.05) is 18.3 Å². The van der Waals surface area contributed by atoms with E-state index in [1.807, 2.05) is 38.4 Å². The molecule has 1 N–H and O–H groups in total. The number of benzene rings is 1. The summed E-state index contributed by atoms with van der Waals surface area (Å²) in [5.74, 6) is 0.475. The van der Waals surface area contributed by atoms with E-state index in [4.69, 9.17) is 4.42 Å². The summed E-state index contributed by atoms with van der Waals surface area (Å²) in [5, 5.41) is 2.80. The van der Waals surface area contributed by atoms with Gasteiger partial charge < -0.3 is 14.6 Å². The molecule has 2 aromatic rings. The van der Waals surface area contributed by atoms with E-state index in [-0.39, 0.29) is 5.91 Å². The van der Waals surface area contributed by atoms with E-state index >= 15 is 0 Å². The summed E-state index contributed by atoms with van der Waals surface area (Å²) in [6, 6.07) is 11.4. The monoisotopic (exact) mass is 270 g/mol. The van der Waals surface area contributed by atoms with Gasteiger partial charge in [-0.05, 0) is 50.0 Å². The Bertz CT molecular complexity index is 569. The third-order valence-electron chi connectivity index (χ3n) is 2.66. The van der Waals surface area contributed by atoms with Crippen molar-refractivity contribution in [3.8, 4) is 0 Å². The highest BCUT2D eigenvalue weighted by atomic mass is 16.3. The molecular weight excluding hydrogens is 252 g/mol. The van der Waals surface area contributed by atoms with Crippen LogP contribution in [0.15, 0.2) is 53.2 Å². The average Bonchev–Trinajstić information content (AvgIpc) is 2.91. The molecule has 4 nitrogen and oxygen atoms in total. The molecule has 0 saturated carbocycles. The summed E-state index contributed by atoms with van der Waals surface area (Å²) in [6.45, 7) is 0.882. The molecular formula is C16H18N2O2. The number of anilines is 1. The van der Waals surface area contributed by atoms with E-state index in [0.29, 0.717) is 5.76 Å². The van der Waals surface area contributed by atoms with Gasteiger partial charge in [-0.15, -0.1) is 0 Å². The quantitative estimate of drug-likeness (QED) is 0.849. The summed E-state index contributed by atoms with van der Waals surface area (Å²) in [6.07, 6.45) is 4.66. The first-order chi connectivity index (χ1) is 9.63. The first kappa shape index (κ1) is 14.1. The number of furan rings is 1. The molecule has 2 rings (SSSR count). The lowest BCUT2D eigenvalue weighted by Gasteiger charge is -2.10. The normalized spacial score (nSPS) is 11.2. The average molecular weight is 270 g/mol. The van der Waals surface area contributed by atoms with E-state index in [2.05, 4.69) is 10.2 Å². The zero-order valence-electron chi connectivity index (χ0n) is 11.7. The highest BCUT2D eigenvalue weighted by molar-refractivity contribution is 6.01. The van der Waals surface area contributed by atoms with Gasteiger partial charge in [0.1, 0.15) is 5.76 Å². The maximum absolute atomic E-state index is 11.7. The summed E-state index contributed by atoms with van der Waals surface area (Å²) < 4.78 is 5.12. The Labute approximate surface area is 118 Å². The first-order valence-electron chi connectivity index (χ1n) is 6.40. The lowest BCUT2D eigenvalue weighted by atomic mass is 10.2. The van der Waals surface area contributed by atoms with Gasteiger partial charge in [-0.25, -0.2) is 0 Å². The third-order valence-corrected chi connectivity index (χ3v) is 2.66. The molecule has 1 aromatic carbocycles. The maximum Gasteiger partial charge on any atom is 0.248 e. The molecule has 0 atom stereocenters. The van der Waals surface area contributed by atoms with Crippen molar-refractivity contribution in [2.45, 2.75) is 6.54 Å². The molecule has 1 aromatic heterocycles. The van der Waals surface area contributed by atoms with Gasteiger partial charge >= 0.3 is 0 Å². The second-order valence-electron chi connectivity index (χ2n) is 4.77. The van der Waals surface area contributed by atoms with Crippen molar-refractivity contribution in [3.05, 3.63) is 60.1 Å². The first-order valence-corrected chi connectivity index (χ1v) is 6.40. The number of carbonyl (C=O) groups excluding carboxylic acids is 1. The molecule has 1 amide bonds. The molecule has 104 valence electrons. The number of hydrogen-bond acceptors (Lipinski definition) is 3. The van der Waals surface area contributed by atoms with E-state index in [0.717, 1.165) is 12.2 Å². The Morgan fingerprint density at radius 3 is 2.60 bits per heavy atom. The van der Waals surface area contributed by atoms with Crippen LogP contribution in [-0.2, 0) is 11.3 Å². The van der Waals surface area contributed by atoms with Crippen LogP contribution in [0.1, 0.15) is 11.3 Å². The molecule has 4 heteroatoms. The van der Waals surface area contributed by atoms with Gasteiger partial charge in [-0.2, -0.15) is 0 Å². The van der Waals surface area contributed by atoms with E-state index in [1.54, 1.807) is 24.5 Å². The Balaban J connectivity index is 1.91. The second-order valence-corrected chi connectivity index (χ2v) is 4.77. The molecule has 0 fully saturated rings. The van der Waals surface area contributed by atoms with Crippen molar-refractivity contribution >= 4 is 17.7 Å². The molecule has 0 spiro atoms. The van der Waals surface area contributed by atoms with Crippen LogP contribution in [0.3, 0.4) is 0 Å². The zero-order chi connectivity index (χ0) is 14.4. The Hall–Kier alpha value is -2.33. The fraction of sp³-hybridized carbons (Fsp3) is 0.188. The Morgan fingerprint density at radius 2 is 2.00 bits per heavy atom. The van der Waals surface area contributed by atoms with Crippen LogP contribution in [0, 0.1) is 0 Å². The molecule has 0 aliphatic rings. The predicted molar refractivity (Wildman–Crippen MR) is 80.2 cm³/mol. The summed E-state index contributed by atoms with van der Waals surface area (Å²) in [5.41, 5.74) is 1.99. The highest BCUT2D eigenvalue weighted by Crippen LogP contribution is 2.11. The van der Waals surface area contributed by atoms with Gasteiger partial charge in [0.2, 0.25) is 5.91 Å². The maximum atomic E-state index is 11.7. The summed E-state index contributed by atoms with van der Waals surface area (Å²) >= 11 is 0. The topological polar surface area (TPSA) is 45.5 Å². The van der Waals surface area contributed by atoms with Gasteiger partial charge in [-0.1, -0.05) is 12.1 Å². The lowest BCUT2D eigenvalue weighted by Crippen LogP contribution is -2.11. The number of carbonyl (C=O) groups is 1. The summed E-state index contributed by atoms with van der Waals surface area (Å²) in [7, 11) is 4.05. The minimum absolute atomic E-state index is 0.179.